The van der Waals surface area contributed by atoms with Crippen molar-refractivity contribution >= 4 is 10.9 Å². The summed E-state index contributed by atoms with van der Waals surface area (Å²) in [6.07, 6.45) is -0.0327. The summed E-state index contributed by atoms with van der Waals surface area (Å²) >= 11 is 0. The lowest BCUT2D eigenvalue weighted by Gasteiger charge is -2.24. The predicted octanol–water partition coefficient (Wildman–Crippen LogP) is 3.88. The Morgan fingerprint density at radius 3 is 2.88 bits per heavy atom. The van der Waals surface area contributed by atoms with Crippen LogP contribution in [0.25, 0.3) is 10.9 Å². The van der Waals surface area contributed by atoms with E-state index in [1.165, 1.54) is 7.05 Å². The Morgan fingerprint density at radius 1 is 1.21 bits per heavy atom. The molecule has 3 heteroatoms. The van der Waals surface area contributed by atoms with Crippen molar-refractivity contribution in [2.75, 3.05) is 13.5 Å². The van der Waals surface area contributed by atoms with Crippen molar-refractivity contribution in [3.63, 3.8) is 0 Å². The molecular weight excluding hydrogens is 294 g/mol. The minimum Gasteiger partial charge on any atom is -0.344 e. The number of aryl methyl sites for hydroxylation is 4. The second-order valence-electron chi connectivity index (χ2n) is 6.36. The van der Waals surface area contributed by atoms with Crippen LogP contribution in [0.15, 0.2) is 36.5 Å². The monoisotopic (exact) mass is 325 g/mol. The maximum absolute atomic E-state index is 8.71. The van der Waals surface area contributed by atoms with E-state index in [2.05, 4.69) is 4.98 Å². The smallest absolute Gasteiger partial charge is 0.0486 e. The molecule has 0 N–H and O–H groups in total. The van der Waals surface area contributed by atoms with Gasteiger partial charge < -0.3 is 9.47 Å². The molecule has 0 bridgehead atoms. The molecule has 0 saturated heterocycles. The first-order valence-corrected chi connectivity index (χ1v) is 8.18. The van der Waals surface area contributed by atoms with E-state index in [4.69, 9.17) is 8.22 Å². The van der Waals surface area contributed by atoms with Crippen molar-refractivity contribution in [1.82, 2.24) is 14.5 Å². The Labute approximate surface area is 152 Å². The fourth-order valence-corrected chi connectivity index (χ4v) is 3.16. The first-order chi connectivity index (χ1) is 13.9. The Bertz CT molecular complexity index is 1120. The van der Waals surface area contributed by atoms with Crippen LogP contribution in [-0.2, 0) is 25.8 Å². The highest BCUT2D eigenvalue weighted by molar-refractivity contribution is 5.86. The van der Waals surface area contributed by atoms with Crippen LogP contribution in [0.5, 0.6) is 0 Å². The summed E-state index contributed by atoms with van der Waals surface area (Å²) in [5.41, 5.74) is 3.85. The quantitative estimate of drug-likeness (QED) is 0.728. The maximum Gasteiger partial charge on any atom is 0.0486 e. The molecule has 1 aromatic carbocycles. The molecule has 0 atom stereocenters. The lowest BCUT2D eigenvalue weighted by molar-refractivity contribution is 0.309. The molecule has 0 spiro atoms. The molecule has 3 heterocycles. The minimum atomic E-state index is -2.52. The van der Waals surface area contributed by atoms with Gasteiger partial charge in [0.25, 0.3) is 0 Å². The zero-order valence-corrected chi connectivity index (χ0v) is 14.2. The van der Waals surface area contributed by atoms with Gasteiger partial charge in [-0.05, 0) is 56.6 Å². The summed E-state index contributed by atoms with van der Waals surface area (Å²) in [4.78, 5) is 5.19. The van der Waals surface area contributed by atoms with Gasteiger partial charge in [0, 0.05) is 62.6 Å². The highest BCUT2D eigenvalue weighted by Gasteiger charge is 2.22. The van der Waals surface area contributed by atoms with Crippen LogP contribution in [0.1, 0.15) is 36.3 Å². The van der Waals surface area contributed by atoms with Gasteiger partial charge >= 0.3 is 0 Å². The van der Waals surface area contributed by atoms with Crippen molar-refractivity contribution in [1.29, 1.82) is 0 Å². The molecule has 0 unspecified atom stereocenters. The zero-order chi connectivity index (χ0) is 22.1. The molecule has 1 aliphatic rings. The van der Waals surface area contributed by atoms with Crippen LogP contribution < -0.4 is 0 Å². The molecule has 24 heavy (non-hydrogen) atoms. The summed E-state index contributed by atoms with van der Waals surface area (Å²) < 4.78 is 53.4. The van der Waals surface area contributed by atoms with Crippen LogP contribution in [0.2, 0.25) is 0 Å². The van der Waals surface area contributed by atoms with Crippen molar-refractivity contribution < 1.29 is 8.22 Å². The third-order valence-corrected chi connectivity index (χ3v) is 4.44. The zero-order valence-electron chi connectivity index (χ0n) is 20.2. The molecule has 3 aromatic rings. The van der Waals surface area contributed by atoms with Crippen molar-refractivity contribution in [2.24, 2.45) is 0 Å². The van der Waals surface area contributed by atoms with Crippen LogP contribution in [0.3, 0.4) is 0 Å². The topological polar surface area (TPSA) is 21.1 Å². The van der Waals surface area contributed by atoms with Crippen molar-refractivity contribution in [2.45, 2.75) is 39.7 Å². The third kappa shape index (κ3) is 2.73. The van der Waals surface area contributed by atoms with Gasteiger partial charge in [0.2, 0.25) is 0 Å². The lowest BCUT2D eigenvalue weighted by Crippen LogP contribution is -2.27. The summed E-state index contributed by atoms with van der Waals surface area (Å²) in [5, 5.41) is 0.628. The Hall–Kier alpha value is -2.13. The number of rotatable bonds is 3. The molecule has 0 radical (unpaired) electrons. The number of fused-ring (bicyclic) bond motifs is 3. The lowest BCUT2D eigenvalue weighted by atomic mass is 10.0. The highest BCUT2D eigenvalue weighted by atomic mass is 15.1. The first-order valence-electron chi connectivity index (χ1n) is 11.2. The average Bonchev–Trinajstić information content (AvgIpc) is 3.00. The number of pyridine rings is 1. The predicted molar refractivity (Wildman–Crippen MR) is 99.4 cm³/mol. The second kappa shape index (κ2) is 6.06. The molecule has 4 rings (SSSR count). The maximum atomic E-state index is 8.71. The molecule has 124 valence electrons. The summed E-state index contributed by atoms with van der Waals surface area (Å²) in [6, 6.07) is 9.55. The highest BCUT2D eigenvalue weighted by Crippen LogP contribution is 2.31. The fraction of sp³-hybridized carbons (Fsp3) is 0.381. The molecule has 0 aliphatic carbocycles. The van der Waals surface area contributed by atoms with Crippen LogP contribution in [0.4, 0.5) is 0 Å². The van der Waals surface area contributed by atoms with Gasteiger partial charge in [-0.25, -0.2) is 0 Å². The summed E-state index contributed by atoms with van der Waals surface area (Å²) in [7, 11) is 1.30. The molecule has 3 nitrogen and oxygen atoms in total. The Balaban J connectivity index is 1.96. The van der Waals surface area contributed by atoms with E-state index in [0.717, 1.165) is 21.7 Å². The SMILES string of the molecule is [2H]C1([2H])c2c(n(CCc3ccc(C)nc3)c3ccc(C)cc23)C([2H])([2H])C([2H])([2H])N1C. The van der Waals surface area contributed by atoms with Crippen molar-refractivity contribution in [3.8, 4) is 0 Å². The van der Waals surface area contributed by atoms with Gasteiger partial charge in [0.1, 0.15) is 0 Å². The summed E-state index contributed by atoms with van der Waals surface area (Å²) in [6.45, 7) is -0.452. The van der Waals surface area contributed by atoms with E-state index in [0.29, 0.717) is 23.9 Å². The standard InChI is InChI=1S/C21H25N3/c1-15-4-7-20-18(12-15)19-14-23(3)10-9-21(19)24(20)11-8-17-6-5-16(2)22-13-17/h4-7,12-13H,8-11,14H2,1-3H3/i9D2,10D2,14D2. The van der Waals surface area contributed by atoms with Gasteiger partial charge in [-0.1, -0.05) is 17.7 Å². The van der Waals surface area contributed by atoms with Gasteiger partial charge in [-0.15, -0.1) is 0 Å². The minimum absolute atomic E-state index is 0.0799. The molecular formula is C21H25N3. The third-order valence-electron chi connectivity index (χ3n) is 4.44. The van der Waals surface area contributed by atoms with Gasteiger partial charge in [0.05, 0.1) is 0 Å². The van der Waals surface area contributed by atoms with Crippen LogP contribution in [-0.4, -0.2) is 28.0 Å². The van der Waals surface area contributed by atoms with E-state index in [-0.39, 0.29) is 11.3 Å². The van der Waals surface area contributed by atoms with Gasteiger partial charge in [-0.2, -0.15) is 0 Å². The number of hydrogen-bond acceptors (Lipinski definition) is 2. The first kappa shape index (κ1) is 10.00. The van der Waals surface area contributed by atoms with Gasteiger partial charge in [0.15, 0.2) is 0 Å². The largest absolute Gasteiger partial charge is 0.344 e. The number of aromatic nitrogens is 2. The summed E-state index contributed by atoms with van der Waals surface area (Å²) in [5.74, 6) is 0. The Morgan fingerprint density at radius 2 is 2.08 bits per heavy atom. The molecule has 0 fully saturated rings. The van der Waals surface area contributed by atoms with E-state index in [1.54, 1.807) is 10.8 Å². The molecule has 2 aromatic heterocycles. The van der Waals surface area contributed by atoms with E-state index in [9.17, 15) is 0 Å². The van der Waals surface area contributed by atoms with E-state index in [1.807, 2.05) is 44.2 Å². The van der Waals surface area contributed by atoms with Gasteiger partial charge in [-0.3, -0.25) is 4.98 Å². The second-order valence-corrected chi connectivity index (χ2v) is 6.36. The molecule has 0 amide bonds. The van der Waals surface area contributed by atoms with Crippen LogP contribution >= 0.6 is 0 Å². The van der Waals surface area contributed by atoms with E-state index < -0.39 is 19.4 Å². The fourth-order valence-electron chi connectivity index (χ4n) is 3.16. The van der Waals surface area contributed by atoms with Crippen molar-refractivity contribution in [3.05, 3.63) is 64.6 Å². The number of nitrogens with zero attached hydrogens (tertiary/aromatic N) is 3. The molecule has 0 saturated carbocycles. The number of likely N-dealkylation sites (N-methyl/N-ethyl adjacent to an activating group) is 1. The van der Waals surface area contributed by atoms with Crippen LogP contribution in [0, 0.1) is 13.8 Å². The normalized spacial score (nSPS) is 25.0. The number of benzene rings is 1. The number of hydrogen-bond donors (Lipinski definition) is 0. The Kier molecular flexibility index (Phi) is 2.52. The average molecular weight is 325 g/mol. The molecule has 1 aliphatic heterocycles. The van der Waals surface area contributed by atoms with E-state index >= 15 is 0 Å².